The summed E-state index contributed by atoms with van der Waals surface area (Å²) in [5, 5.41) is 0.725. The quantitative estimate of drug-likeness (QED) is 0.694. The highest BCUT2D eigenvalue weighted by Gasteiger charge is 2.12. The molecular weight excluding hydrogens is 322 g/mol. The Balaban J connectivity index is 1.92. The van der Waals surface area contributed by atoms with Gasteiger partial charge in [0, 0.05) is 30.2 Å². The Kier molecular flexibility index (Phi) is 4.78. The lowest BCUT2D eigenvalue weighted by Gasteiger charge is -2.18. The zero-order valence-corrected chi connectivity index (χ0v) is 15.2. The maximum Gasteiger partial charge on any atom is 0.140 e. The molecule has 0 bridgehead atoms. The summed E-state index contributed by atoms with van der Waals surface area (Å²) in [7, 11) is 6.11. The number of halogens is 1. The molecule has 0 aliphatic rings. The predicted octanol–water partition coefficient (Wildman–Crippen LogP) is 4.22. The van der Waals surface area contributed by atoms with Gasteiger partial charge in [0.05, 0.1) is 11.0 Å². The molecule has 1 atom stereocenters. The first kappa shape index (κ1) is 16.8. The third-order valence-electron chi connectivity index (χ3n) is 3.91. The van der Waals surface area contributed by atoms with Crippen molar-refractivity contribution in [3.8, 4) is 17.1 Å². The van der Waals surface area contributed by atoms with E-state index in [0.717, 1.165) is 39.7 Å². The minimum atomic E-state index is 0.122. The number of likely N-dealkylation sites (N-methyl/N-ethyl adjacent to an activating group) is 1. The van der Waals surface area contributed by atoms with Gasteiger partial charge in [0.25, 0.3) is 0 Å². The van der Waals surface area contributed by atoms with Gasteiger partial charge < -0.3 is 14.2 Å². The van der Waals surface area contributed by atoms with E-state index in [0.29, 0.717) is 0 Å². The number of aromatic nitrogens is 2. The highest BCUT2D eigenvalue weighted by atomic mass is 35.5. The molecule has 24 heavy (non-hydrogen) atoms. The molecule has 4 nitrogen and oxygen atoms in total. The molecule has 2 aromatic carbocycles. The minimum absolute atomic E-state index is 0.122. The molecule has 5 heteroatoms. The zero-order chi connectivity index (χ0) is 17.3. The maximum absolute atomic E-state index is 6.00. The summed E-state index contributed by atoms with van der Waals surface area (Å²) in [4.78, 5) is 6.88. The molecule has 3 rings (SSSR count). The largest absolute Gasteiger partial charge is 0.489 e. The summed E-state index contributed by atoms with van der Waals surface area (Å²) in [6, 6.07) is 13.8. The summed E-state index contributed by atoms with van der Waals surface area (Å²) >= 11 is 5.98. The summed E-state index contributed by atoms with van der Waals surface area (Å²) in [6.45, 7) is 2.94. The minimum Gasteiger partial charge on any atom is -0.489 e. The fourth-order valence-corrected chi connectivity index (χ4v) is 3.02. The molecule has 0 radical (unpaired) electrons. The van der Waals surface area contributed by atoms with Crippen LogP contribution in [0.1, 0.15) is 6.92 Å². The number of hydrogen-bond donors (Lipinski definition) is 0. The molecule has 3 aromatic rings. The Morgan fingerprint density at radius 3 is 2.54 bits per heavy atom. The van der Waals surface area contributed by atoms with Crippen molar-refractivity contribution in [2.24, 2.45) is 7.05 Å². The SMILES string of the molecule is CC(CN(C)C)Oc1ccc2c(c1)nc(-c1ccc(Cl)cc1)n2C. The molecule has 126 valence electrons. The maximum atomic E-state index is 6.00. The molecule has 0 amide bonds. The molecule has 0 saturated heterocycles. The van der Waals surface area contributed by atoms with Gasteiger partial charge >= 0.3 is 0 Å². The number of imidazole rings is 1. The fraction of sp³-hybridized carbons (Fsp3) is 0.316. The standard InChI is InChI=1S/C19H22ClN3O/c1-13(12-22(2)3)24-16-9-10-18-17(11-16)21-19(23(18)4)14-5-7-15(20)8-6-14/h5-11,13H,12H2,1-4H3. The normalized spacial score (nSPS) is 12.8. The van der Waals surface area contributed by atoms with Crippen LogP contribution in [0.15, 0.2) is 42.5 Å². The van der Waals surface area contributed by atoms with Gasteiger partial charge in [0.1, 0.15) is 17.7 Å². The van der Waals surface area contributed by atoms with Crippen molar-refractivity contribution in [2.45, 2.75) is 13.0 Å². The van der Waals surface area contributed by atoms with Crippen molar-refractivity contribution in [1.29, 1.82) is 0 Å². The van der Waals surface area contributed by atoms with Gasteiger partial charge in [-0.15, -0.1) is 0 Å². The van der Waals surface area contributed by atoms with Crippen molar-refractivity contribution >= 4 is 22.6 Å². The second-order valence-corrected chi connectivity index (χ2v) is 6.78. The van der Waals surface area contributed by atoms with E-state index in [1.54, 1.807) is 0 Å². The van der Waals surface area contributed by atoms with Crippen LogP contribution in [-0.2, 0) is 7.05 Å². The number of rotatable bonds is 5. The summed E-state index contributed by atoms with van der Waals surface area (Å²) in [5.41, 5.74) is 3.05. The van der Waals surface area contributed by atoms with Crippen LogP contribution in [0.2, 0.25) is 5.02 Å². The summed E-state index contributed by atoms with van der Waals surface area (Å²) < 4.78 is 8.08. The molecule has 0 aliphatic heterocycles. The van der Waals surface area contributed by atoms with Gasteiger partial charge in [0.2, 0.25) is 0 Å². The molecule has 1 aromatic heterocycles. The van der Waals surface area contributed by atoms with Gasteiger partial charge in [-0.25, -0.2) is 4.98 Å². The second-order valence-electron chi connectivity index (χ2n) is 6.34. The molecule has 1 unspecified atom stereocenters. The van der Waals surface area contributed by atoms with Crippen molar-refractivity contribution in [3.05, 3.63) is 47.5 Å². The van der Waals surface area contributed by atoms with Crippen molar-refractivity contribution in [2.75, 3.05) is 20.6 Å². The van der Waals surface area contributed by atoms with Gasteiger partial charge in [0.15, 0.2) is 0 Å². The number of aryl methyl sites for hydroxylation is 1. The third kappa shape index (κ3) is 3.55. The van der Waals surface area contributed by atoms with E-state index in [1.807, 2.05) is 57.5 Å². The molecule has 1 heterocycles. The number of ether oxygens (including phenoxy) is 1. The Bertz CT molecular complexity index is 840. The number of hydrogen-bond acceptors (Lipinski definition) is 3. The van der Waals surface area contributed by atoms with E-state index in [1.165, 1.54) is 0 Å². The first-order valence-electron chi connectivity index (χ1n) is 7.98. The second kappa shape index (κ2) is 6.83. The van der Waals surface area contributed by atoms with E-state index in [9.17, 15) is 0 Å². The lowest BCUT2D eigenvalue weighted by atomic mass is 10.2. The van der Waals surface area contributed by atoms with Crippen molar-refractivity contribution in [3.63, 3.8) is 0 Å². The topological polar surface area (TPSA) is 30.3 Å². The average Bonchev–Trinajstić information content (AvgIpc) is 2.84. The van der Waals surface area contributed by atoms with Crippen LogP contribution in [0, 0.1) is 0 Å². The van der Waals surface area contributed by atoms with E-state index in [2.05, 4.69) is 22.5 Å². The fourth-order valence-electron chi connectivity index (χ4n) is 2.89. The third-order valence-corrected chi connectivity index (χ3v) is 4.17. The van der Waals surface area contributed by atoms with Gasteiger partial charge in [-0.2, -0.15) is 0 Å². The lowest BCUT2D eigenvalue weighted by Crippen LogP contribution is -2.27. The zero-order valence-electron chi connectivity index (χ0n) is 14.5. The molecule has 0 aliphatic carbocycles. The average molecular weight is 344 g/mol. The number of nitrogens with zero attached hydrogens (tertiary/aromatic N) is 3. The van der Waals surface area contributed by atoms with Crippen molar-refractivity contribution in [1.82, 2.24) is 14.5 Å². The Morgan fingerprint density at radius 2 is 1.88 bits per heavy atom. The number of benzene rings is 2. The van der Waals surface area contributed by atoms with Gasteiger partial charge in [-0.1, -0.05) is 11.6 Å². The van der Waals surface area contributed by atoms with Crippen LogP contribution in [0.5, 0.6) is 5.75 Å². The highest BCUT2D eigenvalue weighted by Crippen LogP contribution is 2.27. The summed E-state index contributed by atoms with van der Waals surface area (Å²) in [6.07, 6.45) is 0.122. The Hall–Kier alpha value is -2.04. The monoisotopic (exact) mass is 343 g/mol. The van der Waals surface area contributed by atoms with E-state index >= 15 is 0 Å². The molecule has 0 saturated carbocycles. The van der Waals surface area contributed by atoms with Crippen LogP contribution < -0.4 is 4.74 Å². The number of fused-ring (bicyclic) bond motifs is 1. The highest BCUT2D eigenvalue weighted by molar-refractivity contribution is 6.30. The Labute approximate surface area is 147 Å². The molecule has 0 N–H and O–H groups in total. The van der Waals surface area contributed by atoms with Crippen LogP contribution in [0.4, 0.5) is 0 Å². The first-order chi connectivity index (χ1) is 11.4. The smallest absolute Gasteiger partial charge is 0.140 e. The van der Waals surface area contributed by atoms with E-state index in [-0.39, 0.29) is 6.10 Å². The van der Waals surface area contributed by atoms with Gasteiger partial charge in [-0.05, 0) is 57.4 Å². The lowest BCUT2D eigenvalue weighted by molar-refractivity contribution is 0.177. The van der Waals surface area contributed by atoms with Crippen LogP contribution >= 0.6 is 11.6 Å². The van der Waals surface area contributed by atoms with Crippen LogP contribution in [-0.4, -0.2) is 41.2 Å². The molecular formula is C19H22ClN3O. The van der Waals surface area contributed by atoms with Gasteiger partial charge in [-0.3, -0.25) is 0 Å². The molecule has 0 fully saturated rings. The van der Waals surface area contributed by atoms with E-state index in [4.69, 9.17) is 21.3 Å². The summed E-state index contributed by atoms with van der Waals surface area (Å²) in [5.74, 6) is 1.76. The first-order valence-corrected chi connectivity index (χ1v) is 8.35. The van der Waals surface area contributed by atoms with Crippen LogP contribution in [0.3, 0.4) is 0 Å². The molecule has 0 spiro atoms. The van der Waals surface area contributed by atoms with Crippen molar-refractivity contribution < 1.29 is 4.74 Å². The Morgan fingerprint density at radius 1 is 1.17 bits per heavy atom. The predicted molar refractivity (Wildman–Crippen MR) is 99.8 cm³/mol. The van der Waals surface area contributed by atoms with Crippen LogP contribution in [0.25, 0.3) is 22.4 Å². The van der Waals surface area contributed by atoms with E-state index < -0.39 is 0 Å².